The molecular formula is C8H10N6O. The normalized spacial score (nSPS) is 9.00. The van der Waals surface area contributed by atoms with Crippen LogP contribution >= 0.6 is 0 Å². The van der Waals surface area contributed by atoms with Gasteiger partial charge >= 0.3 is 6.03 Å². The molecule has 1 aromatic rings. The Balaban J connectivity index is 2.44. The maximum Gasteiger partial charge on any atom is 0.312 e. The summed E-state index contributed by atoms with van der Waals surface area (Å²) in [6.07, 6.45) is 1.44. The number of aromatic nitrogens is 2. The lowest BCUT2D eigenvalue weighted by Gasteiger charge is -2.05. The minimum Gasteiger partial charge on any atom is -0.366 e. The number of urea groups is 1. The van der Waals surface area contributed by atoms with Crippen LogP contribution < -0.4 is 16.4 Å². The number of amides is 2. The third kappa shape index (κ3) is 3.48. The zero-order valence-electron chi connectivity index (χ0n) is 7.90. The molecule has 7 heteroatoms. The molecule has 1 rings (SSSR count). The van der Waals surface area contributed by atoms with Gasteiger partial charge in [0.25, 0.3) is 0 Å². The summed E-state index contributed by atoms with van der Waals surface area (Å²) < 4.78 is 0. The van der Waals surface area contributed by atoms with Gasteiger partial charge in [-0.3, -0.25) is 0 Å². The van der Waals surface area contributed by atoms with Gasteiger partial charge in [0.2, 0.25) is 0 Å². The van der Waals surface area contributed by atoms with Crippen LogP contribution in [0.1, 0.15) is 5.56 Å². The zero-order chi connectivity index (χ0) is 11.1. The van der Waals surface area contributed by atoms with Crippen molar-refractivity contribution >= 4 is 11.8 Å². The van der Waals surface area contributed by atoms with Gasteiger partial charge in [-0.2, -0.15) is 10.4 Å². The molecule has 0 bridgehead atoms. The van der Waals surface area contributed by atoms with E-state index >= 15 is 0 Å². The Bertz CT molecular complexity index is 385. The first-order valence-electron chi connectivity index (χ1n) is 4.23. The van der Waals surface area contributed by atoms with Crippen LogP contribution in [0.4, 0.5) is 10.6 Å². The number of nitrogens with two attached hydrogens (primary N) is 1. The van der Waals surface area contributed by atoms with Crippen molar-refractivity contribution in [3.8, 4) is 6.07 Å². The fraction of sp³-hybridized carbons (Fsp3) is 0.250. The summed E-state index contributed by atoms with van der Waals surface area (Å²) in [6.45, 7) is 0.785. The van der Waals surface area contributed by atoms with Crippen LogP contribution in [0.15, 0.2) is 12.3 Å². The monoisotopic (exact) mass is 206 g/mol. The lowest BCUT2D eigenvalue weighted by Crippen LogP contribution is -2.33. The minimum absolute atomic E-state index is 0.358. The van der Waals surface area contributed by atoms with E-state index in [4.69, 9.17) is 11.0 Å². The predicted octanol–water partition coefficient (Wildman–Crippen LogP) is -0.572. The molecule has 2 amide bonds. The second kappa shape index (κ2) is 5.39. The largest absolute Gasteiger partial charge is 0.366 e. The molecule has 1 aromatic heterocycles. The Labute approximate surface area is 86.3 Å². The molecule has 15 heavy (non-hydrogen) atoms. The standard InChI is InChI=1S/C8H10N6O/c9-5-6-1-2-13-14-7(6)11-3-4-12-8(10)15/h1-2H,3-4H2,(H,11,14)(H3,10,12,15). The Morgan fingerprint density at radius 1 is 1.60 bits per heavy atom. The number of primary amides is 1. The first-order chi connectivity index (χ1) is 7.24. The number of hydrogen-bond acceptors (Lipinski definition) is 5. The molecule has 0 aromatic carbocycles. The molecule has 0 aliphatic carbocycles. The summed E-state index contributed by atoms with van der Waals surface area (Å²) in [5.41, 5.74) is 5.28. The molecule has 7 nitrogen and oxygen atoms in total. The van der Waals surface area contributed by atoms with Crippen LogP contribution in [0, 0.1) is 11.3 Å². The highest BCUT2D eigenvalue weighted by Crippen LogP contribution is 2.06. The predicted molar refractivity (Wildman–Crippen MR) is 52.8 cm³/mol. The molecule has 0 atom stereocenters. The highest BCUT2D eigenvalue weighted by Gasteiger charge is 2.01. The van der Waals surface area contributed by atoms with Crippen molar-refractivity contribution in [1.29, 1.82) is 5.26 Å². The molecule has 78 valence electrons. The van der Waals surface area contributed by atoms with E-state index < -0.39 is 6.03 Å². The average molecular weight is 206 g/mol. The Kier molecular flexibility index (Phi) is 3.85. The average Bonchev–Trinajstić information content (AvgIpc) is 2.24. The summed E-state index contributed by atoms with van der Waals surface area (Å²) in [4.78, 5) is 10.3. The molecule has 0 spiro atoms. The molecule has 0 fully saturated rings. The van der Waals surface area contributed by atoms with Gasteiger partial charge in [0.1, 0.15) is 6.07 Å². The van der Waals surface area contributed by atoms with Crippen molar-refractivity contribution in [2.45, 2.75) is 0 Å². The van der Waals surface area contributed by atoms with Crippen LogP contribution in [0.5, 0.6) is 0 Å². The van der Waals surface area contributed by atoms with E-state index in [-0.39, 0.29) is 0 Å². The summed E-state index contributed by atoms with van der Waals surface area (Å²) in [5.74, 6) is 0.395. The van der Waals surface area contributed by atoms with E-state index in [9.17, 15) is 4.79 Å². The van der Waals surface area contributed by atoms with E-state index in [2.05, 4.69) is 20.8 Å². The van der Waals surface area contributed by atoms with Gasteiger partial charge in [-0.15, -0.1) is 5.10 Å². The Morgan fingerprint density at radius 3 is 3.07 bits per heavy atom. The summed E-state index contributed by atoms with van der Waals surface area (Å²) in [7, 11) is 0. The maximum absolute atomic E-state index is 10.3. The first-order valence-corrected chi connectivity index (χ1v) is 4.23. The fourth-order valence-electron chi connectivity index (χ4n) is 0.919. The SMILES string of the molecule is N#Cc1ccnnc1NCCNC(N)=O. The Hall–Kier alpha value is -2.36. The molecule has 0 saturated heterocycles. The quantitative estimate of drug-likeness (QED) is 0.570. The highest BCUT2D eigenvalue weighted by molar-refractivity contribution is 5.71. The lowest BCUT2D eigenvalue weighted by atomic mass is 10.3. The van der Waals surface area contributed by atoms with Crippen molar-refractivity contribution in [3.63, 3.8) is 0 Å². The van der Waals surface area contributed by atoms with E-state index in [0.717, 1.165) is 0 Å². The molecule has 0 unspecified atom stereocenters. The van der Waals surface area contributed by atoms with Gasteiger partial charge in [-0.05, 0) is 6.07 Å². The van der Waals surface area contributed by atoms with Crippen molar-refractivity contribution < 1.29 is 4.79 Å². The van der Waals surface area contributed by atoms with Crippen molar-refractivity contribution in [3.05, 3.63) is 17.8 Å². The third-order valence-electron chi connectivity index (χ3n) is 1.56. The maximum atomic E-state index is 10.3. The molecule has 4 N–H and O–H groups in total. The summed E-state index contributed by atoms with van der Waals surface area (Å²) >= 11 is 0. The third-order valence-corrected chi connectivity index (χ3v) is 1.56. The lowest BCUT2D eigenvalue weighted by molar-refractivity contribution is 0.249. The van der Waals surface area contributed by atoms with Crippen molar-refractivity contribution in [2.75, 3.05) is 18.4 Å². The van der Waals surface area contributed by atoms with Crippen LogP contribution in [0.25, 0.3) is 0 Å². The van der Waals surface area contributed by atoms with E-state index in [1.54, 1.807) is 6.07 Å². The zero-order valence-corrected chi connectivity index (χ0v) is 7.90. The number of carbonyl (C=O) groups excluding carboxylic acids is 1. The van der Waals surface area contributed by atoms with Gasteiger partial charge in [0.15, 0.2) is 5.82 Å². The second-order valence-electron chi connectivity index (χ2n) is 2.62. The van der Waals surface area contributed by atoms with Crippen LogP contribution in [-0.2, 0) is 0 Å². The van der Waals surface area contributed by atoms with E-state index in [0.29, 0.717) is 24.5 Å². The number of nitriles is 1. The molecule has 0 aliphatic heterocycles. The smallest absolute Gasteiger partial charge is 0.312 e. The van der Waals surface area contributed by atoms with E-state index in [1.807, 2.05) is 6.07 Å². The van der Waals surface area contributed by atoms with Crippen LogP contribution in [0.2, 0.25) is 0 Å². The summed E-state index contributed by atoms with van der Waals surface area (Å²) in [6, 6.07) is 2.93. The summed E-state index contributed by atoms with van der Waals surface area (Å²) in [5, 5.41) is 21.3. The molecular weight excluding hydrogens is 196 g/mol. The number of nitrogens with zero attached hydrogens (tertiary/aromatic N) is 3. The minimum atomic E-state index is -0.587. The number of hydrogen-bond donors (Lipinski definition) is 3. The first kappa shape index (κ1) is 10.7. The highest BCUT2D eigenvalue weighted by atomic mass is 16.2. The number of anilines is 1. The Morgan fingerprint density at radius 2 is 2.40 bits per heavy atom. The molecule has 0 radical (unpaired) electrons. The number of nitrogens with one attached hydrogen (secondary N) is 2. The molecule has 1 heterocycles. The van der Waals surface area contributed by atoms with Crippen molar-refractivity contribution in [1.82, 2.24) is 15.5 Å². The van der Waals surface area contributed by atoms with Gasteiger partial charge < -0.3 is 16.4 Å². The second-order valence-corrected chi connectivity index (χ2v) is 2.62. The van der Waals surface area contributed by atoms with Gasteiger partial charge in [0, 0.05) is 13.1 Å². The van der Waals surface area contributed by atoms with Gasteiger partial charge in [-0.1, -0.05) is 0 Å². The number of carbonyl (C=O) groups is 1. The van der Waals surface area contributed by atoms with Gasteiger partial charge in [-0.25, -0.2) is 4.79 Å². The van der Waals surface area contributed by atoms with Crippen molar-refractivity contribution in [2.24, 2.45) is 5.73 Å². The molecule has 0 saturated carbocycles. The van der Waals surface area contributed by atoms with Crippen LogP contribution in [-0.4, -0.2) is 29.3 Å². The topological polar surface area (TPSA) is 117 Å². The number of rotatable bonds is 4. The fourth-order valence-corrected chi connectivity index (χ4v) is 0.919. The van der Waals surface area contributed by atoms with Gasteiger partial charge in [0.05, 0.1) is 11.8 Å². The molecule has 0 aliphatic rings. The van der Waals surface area contributed by atoms with E-state index in [1.165, 1.54) is 6.20 Å². The van der Waals surface area contributed by atoms with Crippen LogP contribution in [0.3, 0.4) is 0 Å².